The highest BCUT2D eigenvalue weighted by atomic mass is 16.5. The maximum absolute atomic E-state index is 12.3. The van der Waals surface area contributed by atoms with E-state index >= 15 is 0 Å². The molecule has 0 radical (unpaired) electrons. The number of piperazine rings is 1. The zero-order chi connectivity index (χ0) is 17.7. The molecule has 1 unspecified atom stereocenters. The first kappa shape index (κ1) is 18.1. The van der Waals surface area contributed by atoms with E-state index < -0.39 is 6.23 Å². The molecule has 1 atom stereocenters. The van der Waals surface area contributed by atoms with Crippen LogP contribution in [0.3, 0.4) is 0 Å². The summed E-state index contributed by atoms with van der Waals surface area (Å²) in [4.78, 5) is 27.0. The molecule has 0 spiro atoms. The van der Waals surface area contributed by atoms with Gasteiger partial charge in [-0.15, -0.1) is 0 Å². The lowest BCUT2D eigenvalue weighted by molar-refractivity contribution is -0.130. The highest BCUT2D eigenvalue weighted by Gasteiger charge is 2.23. The lowest BCUT2D eigenvalue weighted by atomic mass is 10.0. The largest absolute Gasteiger partial charge is 0.471 e. The summed E-state index contributed by atoms with van der Waals surface area (Å²) >= 11 is 0. The van der Waals surface area contributed by atoms with Gasteiger partial charge in [0.15, 0.2) is 6.23 Å². The van der Waals surface area contributed by atoms with Gasteiger partial charge in [-0.1, -0.05) is 26.0 Å². The Morgan fingerprint density at radius 2 is 1.54 bits per heavy atom. The molecule has 3 amide bonds. The summed E-state index contributed by atoms with van der Waals surface area (Å²) in [6, 6.07) is 7.75. The van der Waals surface area contributed by atoms with Crippen molar-refractivity contribution in [2.24, 2.45) is 0 Å². The van der Waals surface area contributed by atoms with Crippen LogP contribution in [0.4, 0.5) is 4.79 Å². The fourth-order valence-corrected chi connectivity index (χ4v) is 2.65. The van der Waals surface area contributed by atoms with E-state index in [0.29, 0.717) is 32.1 Å². The molecule has 1 aliphatic rings. The molecule has 0 saturated carbocycles. The molecule has 1 heterocycles. The van der Waals surface area contributed by atoms with Crippen LogP contribution >= 0.6 is 0 Å². The zero-order valence-corrected chi connectivity index (χ0v) is 14.9. The topological polar surface area (TPSA) is 61.9 Å². The number of carbonyl (C=O) groups is 2. The monoisotopic (exact) mass is 333 g/mol. The molecule has 0 bridgehead atoms. The molecular formula is C18H27N3O3. The first-order chi connectivity index (χ1) is 11.4. The minimum absolute atomic E-state index is 0.0524. The molecule has 1 fully saturated rings. The maximum Gasteiger partial charge on any atom is 0.320 e. The van der Waals surface area contributed by atoms with Crippen molar-refractivity contribution in [2.75, 3.05) is 26.2 Å². The van der Waals surface area contributed by atoms with Crippen LogP contribution in [0.2, 0.25) is 0 Å². The van der Waals surface area contributed by atoms with E-state index in [4.69, 9.17) is 4.74 Å². The lowest BCUT2D eigenvalue weighted by Crippen LogP contribution is -2.54. The Kier molecular flexibility index (Phi) is 6.06. The zero-order valence-electron chi connectivity index (χ0n) is 14.9. The summed E-state index contributed by atoms with van der Waals surface area (Å²) in [5.74, 6) is 1.26. The summed E-state index contributed by atoms with van der Waals surface area (Å²) in [6.07, 6.45) is -0.423. The van der Waals surface area contributed by atoms with Crippen molar-refractivity contribution in [3.63, 3.8) is 0 Å². The Hall–Kier alpha value is -2.24. The second-order valence-corrected chi connectivity index (χ2v) is 6.43. The van der Waals surface area contributed by atoms with Crippen molar-refractivity contribution in [2.45, 2.75) is 39.8 Å². The average molecular weight is 333 g/mol. The third-order valence-electron chi connectivity index (χ3n) is 4.20. The van der Waals surface area contributed by atoms with Crippen molar-refractivity contribution >= 4 is 11.9 Å². The fraction of sp³-hybridized carbons (Fsp3) is 0.556. The number of nitrogens with zero attached hydrogens (tertiary/aromatic N) is 2. The molecule has 1 aromatic rings. The second kappa shape index (κ2) is 8.04. The van der Waals surface area contributed by atoms with Gasteiger partial charge >= 0.3 is 6.03 Å². The van der Waals surface area contributed by atoms with Gasteiger partial charge in [0.2, 0.25) is 5.91 Å². The number of urea groups is 1. The van der Waals surface area contributed by atoms with Crippen LogP contribution in [0.5, 0.6) is 5.75 Å². The van der Waals surface area contributed by atoms with E-state index in [0.717, 1.165) is 5.75 Å². The Labute approximate surface area is 143 Å². The first-order valence-corrected chi connectivity index (χ1v) is 8.44. The van der Waals surface area contributed by atoms with Gasteiger partial charge in [0.25, 0.3) is 0 Å². The molecule has 6 nitrogen and oxygen atoms in total. The summed E-state index contributed by atoms with van der Waals surface area (Å²) in [6.45, 7) is 9.89. The SMILES string of the molecule is CC(=O)N1CCN(C(=O)NC(C)Oc2ccc(C(C)C)cc2)CC1. The van der Waals surface area contributed by atoms with E-state index in [9.17, 15) is 9.59 Å². The summed E-state index contributed by atoms with van der Waals surface area (Å²) in [7, 11) is 0. The van der Waals surface area contributed by atoms with Gasteiger partial charge in [0.05, 0.1) is 0 Å². The predicted octanol–water partition coefficient (Wildman–Crippen LogP) is 2.41. The van der Waals surface area contributed by atoms with E-state index in [1.807, 2.05) is 24.3 Å². The van der Waals surface area contributed by atoms with Crippen LogP contribution in [0, 0.1) is 0 Å². The maximum atomic E-state index is 12.3. The Bertz CT molecular complexity index is 563. The van der Waals surface area contributed by atoms with E-state index in [1.54, 1.807) is 23.6 Å². The van der Waals surface area contributed by atoms with E-state index in [2.05, 4.69) is 19.2 Å². The van der Waals surface area contributed by atoms with Gasteiger partial charge in [0.1, 0.15) is 5.75 Å². The predicted molar refractivity (Wildman–Crippen MR) is 93.0 cm³/mol. The molecule has 1 aromatic carbocycles. The molecule has 1 N–H and O–H groups in total. The summed E-state index contributed by atoms with van der Waals surface area (Å²) in [5.41, 5.74) is 1.25. The average Bonchev–Trinajstić information content (AvgIpc) is 2.55. The van der Waals surface area contributed by atoms with Crippen LogP contribution in [0.25, 0.3) is 0 Å². The smallest absolute Gasteiger partial charge is 0.320 e. The number of nitrogens with one attached hydrogen (secondary N) is 1. The molecule has 24 heavy (non-hydrogen) atoms. The highest BCUT2D eigenvalue weighted by molar-refractivity contribution is 5.76. The Morgan fingerprint density at radius 1 is 1.00 bits per heavy atom. The van der Waals surface area contributed by atoms with Gasteiger partial charge in [-0.05, 0) is 30.5 Å². The van der Waals surface area contributed by atoms with Crippen LogP contribution in [-0.4, -0.2) is 54.1 Å². The van der Waals surface area contributed by atoms with Crippen LogP contribution in [-0.2, 0) is 4.79 Å². The van der Waals surface area contributed by atoms with Crippen molar-refractivity contribution in [1.82, 2.24) is 15.1 Å². The first-order valence-electron chi connectivity index (χ1n) is 8.44. The summed E-state index contributed by atoms with van der Waals surface area (Å²) < 4.78 is 5.75. The molecular weight excluding hydrogens is 306 g/mol. The number of amides is 3. The van der Waals surface area contributed by atoms with Crippen molar-refractivity contribution in [3.8, 4) is 5.75 Å². The molecule has 0 aromatic heterocycles. The normalized spacial score (nSPS) is 16.0. The Morgan fingerprint density at radius 3 is 2.04 bits per heavy atom. The molecule has 6 heteroatoms. The number of benzene rings is 1. The van der Waals surface area contributed by atoms with Crippen molar-refractivity contribution in [1.29, 1.82) is 0 Å². The number of carbonyl (C=O) groups excluding carboxylic acids is 2. The van der Waals surface area contributed by atoms with Crippen molar-refractivity contribution < 1.29 is 14.3 Å². The second-order valence-electron chi connectivity index (χ2n) is 6.43. The highest BCUT2D eigenvalue weighted by Crippen LogP contribution is 2.19. The van der Waals surface area contributed by atoms with E-state index in [-0.39, 0.29) is 11.9 Å². The van der Waals surface area contributed by atoms with Crippen molar-refractivity contribution in [3.05, 3.63) is 29.8 Å². The number of rotatable bonds is 4. The van der Waals surface area contributed by atoms with Crippen LogP contribution in [0.1, 0.15) is 39.2 Å². The lowest BCUT2D eigenvalue weighted by Gasteiger charge is -2.34. The molecule has 132 valence electrons. The fourth-order valence-electron chi connectivity index (χ4n) is 2.65. The van der Waals surface area contributed by atoms with Gasteiger partial charge in [-0.25, -0.2) is 4.79 Å². The molecule has 1 saturated heterocycles. The summed E-state index contributed by atoms with van der Waals surface area (Å²) in [5, 5.41) is 2.84. The third-order valence-corrected chi connectivity index (χ3v) is 4.20. The standard InChI is InChI=1S/C18H27N3O3/c1-13(2)16-5-7-17(8-6-16)24-14(3)19-18(23)21-11-9-20(10-12-21)15(4)22/h5-8,13-14H,9-12H2,1-4H3,(H,19,23). The molecule has 2 rings (SSSR count). The van der Waals surface area contributed by atoms with Crippen LogP contribution < -0.4 is 10.1 Å². The quantitative estimate of drug-likeness (QED) is 0.861. The number of hydrogen-bond acceptors (Lipinski definition) is 3. The van der Waals surface area contributed by atoms with E-state index in [1.165, 1.54) is 5.56 Å². The molecule has 1 aliphatic heterocycles. The number of ether oxygens (including phenoxy) is 1. The minimum Gasteiger partial charge on any atom is -0.471 e. The molecule has 0 aliphatic carbocycles. The number of hydrogen-bond donors (Lipinski definition) is 1. The van der Waals surface area contributed by atoms with Crippen LogP contribution in [0.15, 0.2) is 24.3 Å². The Balaban J connectivity index is 1.80. The van der Waals surface area contributed by atoms with Gasteiger partial charge in [-0.3, -0.25) is 4.79 Å². The minimum atomic E-state index is -0.423. The van der Waals surface area contributed by atoms with Gasteiger partial charge in [0, 0.05) is 33.1 Å². The third kappa shape index (κ3) is 4.88. The van der Waals surface area contributed by atoms with Gasteiger partial charge < -0.3 is 19.9 Å². The van der Waals surface area contributed by atoms with Gasteiger partial charge in [-0.2, -0.15) is 0 Å².